The molecule has 0 spiro atoms. The zero-order valence-electron chi connectivity index (χ0n) is 10.2. The lowest BCUT2D eigenvalue weighted by atomic mass is 10.0. The summed E-state index contributed by atoms with van der Waals surface area (Å²) in [6.07, 6.45) is 1.07. The molecule has 1 nitrogen and oxygen atoms in total. The number of benzene rings is 2. The topological polar surface area (TPSA) is 12.0 Å². The highest BCUT2D eigenvalue weighted by Gasteiger charge is 2.21. The Morgan fingerprint density at radius 2 is 1.95 bits per heavy atom. The van der Waals surface area contributed by atoms with E-state index in [0.29, 0.717) is 0 Å². The summed E-state index contributed by atoms with van der Waals surface area (Å²) in [6.45, 7) is 0. The second-order valence-electron chi connectivity index (χ2n) is 4.50. The maximum Gasteiger partial charge on any atom is 0.0637 e. The van der Waals surface area contributed by atoms with Crippen LogP contribution in [0.5, 0.6) is 0 Å². The molecular formula is C15H13Cl2NS. The van der Waals surface area contributed by atoms with Crippen molar-refractivity contribution in [3.8, 4) is 0 Å². The van der Waals surface area contributed by atoms with E-state index in [9.17, 15) is 0 Å². The van der Waals surface area contributed by atoms with E-state index in [4.69, 9.17) is 23.2 Å². The lowest BCUT2D eigenvalue weighted by molar-refractivity contribution is 0.729. The second-order valence-corrected chi connectivity index (χ2v) is 6.48. The average molecular weight is 310 g/mol. The van der Waals surface area contributed by atoms with Crippen LogP contribution in [-0.2, 0) is 0 Å². The summed E-state index contributed by atoms with van der Waals surface area (Å²) in [4.78, 5) is 1.31. The third kappa shape index (κ3) is 2.86. The van der Waals surface area contributed by atoms with Crippen molar-refractivity contribution in [3.05, 3.63) is 58.1 Å². The summed E-state index contributed by atoms with van der Waals surface area (Å²) >= 11 is 14.2. The van der Waals surface area contributed by atoms with Gasteiger partial charge in [0.05, 0.1) is 16.8 Å². The van der Waals surface area contributed by atoms with Gasteiger partial charge in [-0.2, -0.15) is 0 Å². The Hall–Kier alpha value is -0.830. The van der Waals surface area contributed by atoms with Crippen LogP contribution >= 0.6 is 35.0 Å². The summed E-state index contributed by atoms with van der Waals surface area (Å²) < 4.78 is 0. The van der Waals surface area contributed by atoms with Gasteiger partial charge in [0.2, 0.25) is 0 Å². The highest BCUT2D eigenvalue weighted by atomic mass is 35.5. The minimum Gasteiger partial charge on any atom is -0.377 e. The maximum absolute atomic E-state index is 6.21. The Kier molecular flexibility index (Phi) is 3.92. The van der Waals surface area contributed by atoms with Gasteiger partial charge in [-0.3, -0.25) is 0 Å². The number of rotatable bonds is 2. The SMILES string of the molecule is Clc1ccc2c(c1)C(Nc1ccccc1Cl)CCS2. The first-order valence-electron chi connectivity index (χ1n) is 6.17. The molecule has 1 atom stereocenters. The van der Waals surface area contributed by atoms with E-state index < -0.39 is 0 Å². The Morgan fingerprint density at radius 1 is 1.11 bits per heavy atom. The molecular weight excluding hydrogens is 297 g/mol. The summed E-state index contributed by atoms with van der Waals surface area (Å²) in [5.74, 6) is 1.11. The van der Waals surface area contributed by atoms with E-state index in [1.165, 1.54) is 10.5 Å². The van der Waals surface area contributed by atoms with Crippen LogP contribution in [0.4, 0.5) is 5.69 Å². The molecule has 0 amide bonds. The van der Waals surface area contributed by atoms with Crippen molar-refractivity contribution in [2.75, 3.05) is 11.1 Å². The van der Waals surface area contributed by atoms with Gasteiger partial charge in [-0.05, 0) is 42.3 Å². The fourth-order valence-corrected chi connectivity index (χ4v) is 3.76. The minimum absolute atomic E-state index is 0.273. The number of nitrogens with one attached hydrogen (secondary N) is 1. The average Bonchev–Trinajstić information content (AvgIpc) is 2.42. The number of hydrogen-bond donors (Lipinski definition) is 1. The Balaban J connectivity index is 1.92. The first-order chi connectivity index (χ1) is 9.24. The molecule has 0 saturated heterocycles. The normalized spacial score (nSPS) is 17.9. The van der Waals surface area contributed by atoms with Crippen LogP contribution in [0.1, 0.15) is 18.0 Å². The van der Waals surface area contributed by atoms with E-state index in [2.05, 4.69) is 17.4 Å². The first kappa shape index (κ1) is 13.2. The predicted molar refractivity (Wildman–Crippen MR) is 84.6 cm³/mol. The fourth-order valence-electron chi connectivity index (χ4n) is 2.28. The van der Waals surface area contributed by atoms with Gasteiger partial charge in [-0.1, -0.05) is 35.3 Å². The molecule has 19 heavy (non-hydrogen) atoms. The lowest BCUT2D eigenvalue weighted by Crippen LogP contribution is -2.16. The van der Waals surface area contributed by atoms with E-state index in [-0.39, 0.29) is 6.04 Å². The predicted octanol–water partition coefficient (Wildman–Crippen LogP) is 5.64. The molecule has 98 valence electrons. The molecule has 0 aromatic heterocycles. The summed E-state index contributed by atoms with van der Waals surface area (Å²) in [6, 6.07) is 14.2. The molecule has 3 rings (SSSR count). The van der Waals surface area contributed by atoms with Crippen molar-refractivity contribution in [1.82, 2.24) is 0 Å². The number of thioether (sulfide) groups is 1. The maximum atomic E-state index is 6.21. The number of para-hydroxylation sites is 1. The van der Waals surface area contributed by atoms with Gasteiger partial charge in [0.25, 0.3) is 0 Å². The molecule has 1 heterocycles. The van der Waals surface area contributed by atoms with Gasteiger partial charge < -0.3 is 5.32 Å². The molecule has 0 saturated carbocycles. The van der Waals surface area contributed by atoms with E-state index in [1.807, 2.05) is 42.1 Å². The van der Waals surface area contributed by atoms with Crippen LogP contribution in [-0.4, -0.2) is 5.75 Å². The molecule has 0 bridgehead atoms. The molecule has 1 N–H and O–H groups in total. The van der Waals surface area contributed by atoms with Crippen LogP contribution in [0, 0.1) is 0 Å². The number of halogens is 2. The van der Waals surface area contributed by atoms with Crippen molar-refractivity contribution in [3.63, 3.8) is 0 Å². The monoisotopic (exact) mass is 309 g/mol. The van der Waals surface area contributed by atoms with Crippen LogP contribution in [0.25, 0.3) is 0 Å². The third-order valence-electron chi connectivity index (χ3n) is 3.21. The highest BCUT2D eigenvalue weighted by Crippen LogP contribution is 2.39. The van der Waals surface area contributed by atoms with Crippen molar-refractivity contribution in [2.45, 2.75) is 17.4 Å². The molecule has 0 fully saturated rings. The van der Waals surface area contributed by atoms with E-state index in [0.717, 1.165) is 27.9 Å². The Labute approximate surface area is 127 Å². The number of fused-ring (bicyclic) bond motifs is 1. The standard InChI is InChI=1S/C15H13Cl2NS/c16-10-5-6-15-11(9-10)13(7-8-19-15)18-14-4-2-1-3-12(14)17/h1-6,9,13,18H,7-8H2. The number of anilines is 1. The third-order valence-corrected chi connectivity index (χ3v) is 4.90. The second kappa shape index (κ2) is 5.66. The summed E-state index contributed by atoms with van der Waals surface area (Å²) in [5.41, 5.74) is 2.25. The number of hydrogen-bond acceptors (Lipinski definition) is 2. The van der Waals surface area contributed by atoms with Crippen LogP contribution in [0.2, 0.25) is 10.0 Å². The van der Waals surface area contributed by atoms with Crippen molar-refractivity contribution >= 4 is 40.7 Å². The highest BCUT2D eigenvalue weighted by molar-refractivity contribution is 7.99. The molecule has 1 aliphatic heterocycles. The van der Waals surface area contributed by atoms with Gasteiger partial charge in [0, 0.05) is 15.7 Å². The Bertz CT molecular complexity index is 600. The largest absolute Gasteiger partial charge is 0.377 e. The quantitative estimate of drug-likeness (QED) is 0.770. The smallest absolute Gasteiger partial charge is 0.0637 e. The van der Waals surface area contributed by atoms with Crippen LogP contribution in [0.15, 0.2) is 47.4 Å². The summed E-state index contributed by atoms with van der Waals surface area (Å²) in [5, 5.41) is 5.07. The molecule has 4 heteroatoms. The lowest BCUT2D eigenvalue weighted by Gasteiger charge is -2.27. The fraction of sp³-hybridized carbons (Fsp3) is 0.200. The Morgan fingerprint density at radius 3 is 2.79 bits per heavy atom. The molecule has 1 aliphatic rings. The molecule has 0 radical (unpaired) electrons. The molecule has 1 unspecified atom stereocenters. The minimum atomic E-state index is 0.273. The molecule has 2 aromatic carbocycles. The van der Waals surface area contributed by atoms with Crippen LogP contribution in [0.3, 0.4) is 0 Å². The van der Waals surface area contributed by atoms with Gasteiger partial charge >= 0.3 is 0 Å². The van der Waals surface area contributed by atoms with Crippen molar-refractivity contribution in [2.24, 2.45) is 0 Å². The molecule has 2 aromatic rings. The van der Waals surface area contributed by atoms with E-state index >= 15 is 0 Å². The van der Waals surface area contributed by atoms with E-state index in [1.54, 1.807) is 0 Å². The first-order valence-corrected chi connectivity index (χ1v) is 7.91. The van der Waals surface area contributed by atoms with Crippen LogP contribution < -0.4 is 5.32 Å². The zero-order chi connectivity index (χ0) is 13.2. The summed E-state index contributed by atoms with van der Waals surface area (Å²) in [7, 11) is 0. The van der Waals surface area contributed by atoms with Gasteiger partial charge in [0.1, 0.15) is 0 Å². The van der Waals surface area contributed by atoms with Crippen molar-refractivity contribution < 1.29 is 0 Å². The van der Waals surface area contributed by atoms with Gasteiger partial charge in [-0.15, -0.1) is 11.8 Å². The molecule has 0 aliphatic carbocycles. The zero-order valence-corrected chi connectivity index (χ0v) is 12.5. The van der Waals surface area contributed by atoms with Gasteiger partial charge in [-0.25, -0.2) is 0 Å². The van der Waals surface area contributed by atoms with Crippen molar-refractivity contribution in [1.29, 1.82) is 0 Å². The van der Waals surface area contributed by atoms with Gasteiger partial charge in [0.15, 0.2) is 0 Å².